The van der Waals surface area contributed by atoms with E-state index in [1.165, 1.54) is 31.2 Å². The van der Waals surface area contributed by atoms with Crippen molar-refractivity contribution in [2.24, 2.45) is 0 Å². The Morgan fingerprint density at radius 2 is 1.72 bits per heavy atom. The maximum Gasteiger partial charge on any atom is 0.269 e. The third-order valence-electron chi connectivity index (χ3n) is 4.30. The molecule has 6 nitrogen and oxygen atoms in total. The lowest BCUT2D eigenvalue weighted by molar-refractivity contribution is 0.0941. The van der Waals surface area contributed by atoms with Crippen LogP contribution in [0.15, 0.2) is 71.6 Å². The highest BCUT2D eigenvalue weighted by Gasteiger charge is 2.19. The summed E-state index contributed by atoms with van der Waals surface area (Å²) in [6.45, 7) is 1.20. The van der Waals surface area contributed by atoms with Crippen LogP contribution in [0, 0.1) is 12.7 Å². The number of aliphatic hydroxyl groups excluding tert-OH is 1. The molecule has 150 valence electrons. The average Bonchev–Trinajstić information content (AvgIpc) is 2.74. The van der Waals surface area contributed by atoms with Crippen LogP contribution in [0.5, 0.6) is 0 Å². The van der Waals surface area contributed by atoms with Crippen molar-refractivity contribution < 1.29 is 22.7 Å². The third kappa shape index (κ3) is 4.68. The lowest BCUT2D eigenvalue weighted by atomic mass is 9.99. The number of sulfonamides is 1. The first-order chi connectivity index (χ1) is 13.8. The van der Waals surface area contributed by atoms with Crippen LogP contribution >= 0.6 is 0 Å². The van der Waals surface area contributed by atoms with Crippen LogP contribution in [-0.4, -0.2) is 19.4 Å². The smallest absolute Gasteiger partial charge is 0.269 e. The van der Waals surface area contributed by atoms with E-state index in [9.17, 15) is 17.6 Å². The Labute approximate surface area is 168 Å². The van der Waals surface area contributed by atoms with E-state index in [-0.39, 0.29) is 22.6 Å². The number of hydrogen-bond donors (Lipinski definition) is 3. The van der Waals surface area contributed by atoms with Crippen molar-refractivity contribution in [3.63, 3.8) is 0 Å². The van der Waals surface area contributed by atoms with E-state index < -0.39 is 21.7 Å². The number of carbonyl (C=O) groups excluding carboxylic acids is 1. The summed E-state index contributed by atoms with van der Waals surface area (Å²) in [6, 6.07) is 17.7. The summed E-state index contributed by atoms with van der Waals surface area (Å²) >= 11 is 0. The number of aliphatic hydroxyl groups is 1. The van der Waals surface area contributed by atoms with Gasteiger partial charge in [0.05, 0.1) is 17.1 Å². The Kier molecular flexibility index (Phi) is 6.07. The van der Waals surface area contributed by atoms with E-state index in [0.29, 0.717) is 11.1 Å². The highest BCUT2D eigenvalue weighted by atomic mass is 32.2. The average molecular weight is 414 g/mol. The maximum absolute atomic E-state index is 14.5. The molecule has 3 aromatic rings. The molecule has 0 spiro atoms. The highest BCUT2D eigenvalue weighted by molar-refractivity contribution is 7.89. The van der Waals surface area contributed by atoms with E-state index >= 15 is 0 Å². The number of nitrogens with one attached hydrogen (secondary N) is 2. The van der Waals surface area contributed by atoms with Gasteiger partial charge in [-0.15, -0.1) is 4.83 Å². The van der Waals surface area contributed by atoms with E-state index in [1.54, 1.807) is 12.1 Å². The van der Waals surface area contributed by atoms with Gasteiger partial charge in [0.15, 0.2) is 0 Å². The molecule has 3 N–H and O–H groups in total. The Balaban J connectivity index is 1.84. The Morgan fingerprint density at radius 3 is 2.41 bits per heavy atom. The molecule has 0 fully saturated rings. The zero-order valence-corrected chi connectivity index (χ0v) is 16.3. The number of carbonyl (C=O) groups is 1. The van der Waals surface area contributed by atoms with Crippen molar-refractivity contribution in [1.82, 2.24) is 10.3 Å². The number of rotatable bonds is 6. The van der Waals surface area contributed by atoms with Crippen LogP contribution in [0.2, 0.25) is 0 Å². The SMILES string of the molecule is Cc1cc(-c2ccccc2)cc(C(=O)NNS(=O)(=O)c2cccc(CO)c2)c1F. The van der Waals surface area contributed by atoms with Crippen molar-refractivity contribution in [1.29, 1.82) is 0 Å². The first-order valence-electron chi connectivity index (χ1n) is 8.69. The molecule has 8 heteroatoms. The van der Waals surface area contributed by atoms with Crippen molar-refractivity contribution in [3.05, 3.63) is 89.2 Å². The quantitative estimate of drug-likeness (QED) is 0.541. The van der Waals surface area contributed by atoms with Gasteiger partial charge in [-0.25, -0.2) is 12.8 Å². The molecule has 3 rings (SSSR count). The first kappa shape index (κ1) is 20.7. The number of halogens is 1. The molecule has 0 atom stereocenters. The summed E-state index contributed by atoms with van der Waals surface area (Å²) in [4.78, 5) is 14.3. The number of hydrazine groups is 1. The van der Waals surface area contributed by atoms with Crippen LogP contribution in [0.25, 0.3) is 11.1 Å². The molecule has 3 aromatic carbocycles. The largest absolute Gasteiger partial charge is 0.392 e. The summed E-state index contributed by atoms with van der Waals surface area (Å²) in [5.74, 6) is -1.66. The lowest BCUT2D eigenvalue weighted by Crippen LogP contribution is -2.42. The summed E-state index contributed by atoms with van der Waals surface area (Å²) in [6.07, 6.45) is 0. The zero-order chi connectivity index (χ0) is 21.0. The Morgan fingerprint density at radius 1 is 1.00 bits per heavy atom. The van der Waals surface area contributed by atoms with Crippen molar-refractivity contribution in [3.8, 4) is 11.1 Å². The van der Waals surface area contributed by atoms with Gasteiger partial charge >= 0.3 is 0 Å². The summed E-state index contributed by atoms with van der Waals surface area (Å²) in [5, 5.41) is 9.14. The number of hydrogen-bond acceptors (Lipinski definition) is 4. The van der Waals surface area contributed by atoms with Gasteiger partial charge in [-0.05, 0) is 53.4 Å². The van der Waals surface area contributed by atoms with Gasteiger partial charge in [-0.3, -0.25) is 10.2 Å². The fourth-order valence-electron chi connectivity index (χ4n) is 2.78. The fourth-order valence-corrected chi connectivity index (χ4v) is 3.69. The van der Waals surface area contributed by atoms with Gasteiger partial charge in [0.25, 0.3) is 15.9 Å². The molecule has 0 bridgehead atoms. The van der Waals surface area contributed by atoms with E-state index in [2.05, 4.69) is 0 Å². The van der Waals surface area contributed by atoms with Gasteiger partial charge < -0.3 is 5.11 Å². The number of aryl methyl sites for hydroxylation is 1. The van der Waals surface area contributed by atoms with Gasteiger partial charge in [-0.1, -0.05) is 42.5 Å². The topological polar surface area (TPSA) is 95.5 Å². The molecule has 0 aliphatic heterocycles. The monoisotopic (exact) mass is 414 g/mol. The predicted molar refractivity (Wildman–Crippen MR) is 107 cm³/mol. The number of amides is 1. The zero-order valence-electron chi connectivity index (χ0n) is 15.5. The van der Waals surface area contributed by atoms with Gasteiger partial charge in [0.2, 0.25) is 0 Å². The van der Waals surface area contributed by atoms with E-state index in [4.69, 9.17) is 5.11 Å². The summed E-state index contributed by atoms with van der Waals surface area (Å²) < 4.78 is 39.3. The van der Waals surface area contributed by atoms with Gasteiger partial charge in [0, 0.05) is 0 Å². The molecular formula is C21H19FN2O4S. The van der Waals surface area contributed by atoms with Crippen LogP contribution in [0.1, 0.15) is 21.5 Å². The Bertz CT molecular complexity index is 1150. The fraction of sp³-hybridized carbons (Fsp3) is 0.0952. The van der Waals surface area contributed by atoms with Gasteiger partial charge in [-0.2, -0.15) is 0 Å². The van der Waals surface area contributed by atoms with Crippen molar-refractivity contribution in [2.75, 3.05) is 0 Å². The van der Waals surface area contributed by atoms with Crippen LogP contribution in [0.4, 0.5) is 4.39 Å². The van der Waals surface area contributed by atoms with E-state index in [1.807, 2.05) is 40.6 Å². The summed E-state index contributed by atoms with van der Waals surface area (Å²) in [5.41, 5.74) is 3.85. The molecule has 0 saturated heterocycles. The molecule has 0 heterocycles. The first-order valence-corrected chi connectivity index (χ1v) is 10.2. The summed E-state index contributed by atoms with van der Waals surface area (Å²) in [7, 11) is -4.10. The lowest BCUT2D eigenvalue weighted by Gasteiger charge is -2.12. The maximum atomic E-state index is 14.5. The standard InChI is InChI=1S/C21H19FN2O4S/c1-14-10-17(16-7-3-2-4-8-16)12-19(20(14)22)21(26)23-24-29(27,28)18-9-5-6-15(11-18)13-25/h2-12,24-25H,13H2,1H3,(H,23,26). The molecule has 0 radical (unpaired) electrons. The second kappa shape index (κ2) is 8.52. The molecule has 0 aliphatic rings. The van der Waals surface area contributed by atoms with Crippen molar-refractivity contribution in [2.45, 2.75) is 18.4 Å². The molecule has 29 heavy (non-hydrogen) atoms. The molecule has 1 amide bonds. The van der Waals surface area contributed by atoms with Crippen LogP contribution in [0.3, 0.4) is 0 Å². The van der Waals surface area contributed by atoms with Crippen LogP contribution in [-0.2, 0) is 16.6 Å². The number of benzene rings is 3. The second-order valence-electron chi connectivity index (χ2n) is 6.39. The van der Waals surface area contributed by atoms with Gasteiger partial charge in [0.1, 0.15) is 5.82 Å². The minimum Gasteiger partial charge on any atom is -0.392 e. The third-order valence-corrected chi connectivity index (χ3v) is 5.54. The Hall–Kier alpha value is -3.07. The minimum atomic E-state index is -4.10. The van der Waals surface area contributed by atoms with Crippen molar-refractivity contribution >= 4 is 15.9 Å². The molecule has 0 saturated carbocycles. The van der Waals surface area contributed by atoms with E-state index in [0.717, 1.165) is 5.56 Å². The molecule has 0 aliphatic carbocycles. The predicted octanol–water partition coefficient (Wildman–Crippen LogP) is 2.92. The second-order valence-corrected chi connectivity index (χ2v) is 8.07. The molecule has 0 aromatic heterocycles. The van der Waals surface area contributed by atoms with Crippen LogP contribution < -0.4 is 10.3 Å². The normalized spacial score (nSPS) is 11.3. The molecule has 0 unspecified atom stereocenters. The molecular weight excluding hydrogens is 395 g/mol. The minimum absolute atomic E-state index is 0.140. The highest BCUT2D eigenvalue weighted by Crippen LogP contribution is 2.24.